The Balaban J connectivity index is 2.14. The van der Waals surface area contributed by atoms with Gasteiger partial charge in [-0.3, -0.25) is 0 Å². The molecule has 3 heteroatoms. The number of hydrogen-bond acceptors (Lipinski definition) is 1. The van der Waals surface area contributed by atoms with Gasteiger partial charge in [0, 0.05) is 18.6 Å². The van der Waals surface area contributed by atoms with Crippen molar-refractivity contribution in [2.24, 2.45) is 0 Å². The summed E-state index contributed by atoms with van der Waals surface area (Å²) >= 11 is 0. The summed E-state index contributed by atoms with van der Waals surface area (Å²) in [6.07, 6.45) is 8.16. The lowest BCUT2D eigenvalue weighted by Gasteiger charge is -2.33. The van der Waals surface area contributed by atoms with Gasteiger partial charge in [-0.15, -0.1) is 0 Å². The zero-order valence-electron chi connectivity index (χ0n) is 13.0. The molecule has 2 nitrogen and oxygen atoms in total. The van der Waals surface area contributed by atoms with Crippen LogP contribution in [0, 0.1) is 0 Å². The second-order valence-corrected chi connectivity index (χ2v) is 9.93. The lowest BCUT2D eigenvalue weighted by molar-refractivity contribution is 0.844. The summed E-state index contributed by atoms with van der Waals surface area (Å²) < 4.78 is 2.25. The maximum Gasteiger partial charge on any atom is 0.137 e. The van der Waals surface area contributed by atoms with E-state index in [2.05, 4.69) is 83.3 Å². The molecule has 0 spiro atoms. The molecule has 0 saturated carbocycles. The van der Waals surface area contributed by atoms with Crippen molar-refractivity contribution < 1.29 is 0 Å². The van der Waals surface area contributed by atoms with Gasteiger partial charge in [-0.2, -0.15) is 0 Å². The van der Waals surface area contributed by atoms with Gasteiger partial charge in [-0.1, -0.05) is 84.4 Å². The van der Waals surface area contributed by atoms with E-state index in [1.807, 2.05) is 12.5 Å². The second-order valence-electron chi connectivity index (χ2n) is 5.80. The molecule has 0 bridgehead atoms. The third-order valence-corrected chi connectivity index (χ3v) is 9.48. The Hall–Kier alpha value is -2.13. The minimum absolute atomic E-state index is 1.05. The van der Waals surface area contributed by atoms with E-state index >= 15 is 0 Å². The van der Waals surface area contributed by atoms with Crippen molar-refractivity contribution in [2.45, 2.75) is 25.6 Å². The van der Waals surface area contributed by atoms with Gasteiger partial charge >= 0.3 is 0 Å². The lowest BCUT2D eigenvalue weighted by Crippen LogP contribution is -2.61. The zero-order chi connectivity index (χ0) is 15.3. The minimum atomic E-state index is -1.83. The summed E-state index contributed by atoms with van der Waals surface area (Å²) in [6.45, 7) is 2.29. The van der Waals surface area contributed by atoms with Crippen LogP contribution in [-0.2, 0) is 6.17 Å². The number of benzene rings is 2. The number of imidazole rings is 1. The summed E-state index contributed by atoms with van der Waals surface area (Å²) in [4.78, 5) is 4.24. The van der Waals surface area contributed by atoms with E-state index in [4.69, 9.17) is 0 Å². The normalized spacial score (nSPS) is 11.5. The van der Waals surface area contributed by atoms with Crippen molar-refractivity contribution in [3.8, 4) is 0 Å². The maximum atomic E-state index is 4.24. The van der Waals surface area contributed by atoms with Crippen LogP contribution in [0.1, 0.15) is 13.3 Å². The van der Waals surface area contributed by atoms with Gasteiger partial charge in [-0.25, -0.2) is 4.98 Å². The Kier molecular flexibility index (Phi) is 4.54. The quantitative estimate of drug-likeness (QED) is 0.640. The maximum absolute atomic E-state index is 4.24. The molecule has 1 aromatic heterocycles. The number of rotatable bonds is 6. The van der Waals surface area contributed by atoms with Gasteiger partial charge in [0.25, 0.3) is 0 Å². The van der Waals surface area contributed by atoms with Crippen LogP contribution in [-0.4, -0.2) is 17.6 Å². The van der Waals surface area contributed by atoms with Crippen molar-refractivity contribution in [3.05, 3.63) is 79.4 Å². The van der Waals surface area contributed by atoms with Crippen molar-refractivity contribution in [2.75, 3.05) is 0 Å². The van der Waals surface area contributed by atoms with Crippen molar-refractivity contribution in [3.63, 3.8) is 0 Å². The van der Waals surface area contributed by atoms with Crippen LogP contribution in [0.5, 0.6) is 0 Å². The highest BCUT2D eigenvalue weighted by Crippen LogP contribution is 2.16. The standard InChI is InChI=1S/C19H22N2Si/c1-2-15-22(17-21-14-13-20-16-21,18-9-5-3-6-10-18)19-11-7-4-8-12-19/h3-14,16H,2,15,17H2,1H3. The highest BCUT2D eigenvalue weighted by Gasteiger charge is 2.36. The fourth-order valence-electron chi connectivity index (χ4n) is 3.35. The molecule has 1 heterocycles. The molecule has 0 unspecified atom stereocenters. The van der Waals surface area contributed by atoms with Crippen molar-refractivity contribution >= 4 is 18.4 Å². The van der Waals surface area contributed by atoms with E-state index in [-0.39, 0.29) is 0 Å². The molecular formula is C19H22N2Si. The second kappa shape index (κ2) is 6.75. The summed E-state index contributed by atoms with van der Waals surface area (Å²) in [5.74, 6) is 0. The van der Waals surface area contributed by atoms with Crippen LogP contribution >= 0.6 is 0 Å². The molecule has 0 saturated heterocycles. The highest BCUT2D eigenvalue weighted by atomic mass is 28.3. The van der Waals surface area contributed by atoms with E-state index < -0.39 is 8.07 Å². The average molecular weight is 306 g/mol. The van der Waals surface area contributed by atoms with Crippen LogP contribution in [0.2, 0.25) is 6.04 Å². The average Bonchev–Trinajstić information content (AvgIpc) is 3.09. The molecular weight excluding hydrogens is 284 g/mol. The first-order chi connectivity index (χ1) is 10.8. The topological polar surface area (TPSA) is 17.8 Å². The molecule has 3 aromatic rings. The Bertz CT molecular complexity index is 638. The lowest BCUT2D eigenvalue weighted by atomic mass is 10.4. The Morgan fingerprint density at radius 3 is 1.95 bits per heavy atom. The third kappa shape index (κ3) is 2.90. The molecule has 0 amide bonds. The largest absolute Gasteiger partial charge is 0.340 e. The highest BCUT2D eigenvalue weighted by molar-refractivity contribution is 7.01. The van der Waals surface area contributed by atoms with Crippen molar-refractivity contribution in [1.29, 1.82) is 0 Å². The predicted molar refractivity (Wildman–Crippen MR) is 95.2 cm³/mol. The monoisotopic (exact) mass is 306 g/mol. The van der Waals surface area contributed by atoms with E-state index in [1.165, 1.54) is 22.8 Å². The van der Waals surface area contributed by atoms with Crippen molar-refractivity contribution in [1.82, 2.24) is 9.55 Å². The molecule has 0 aliphatic carbocycles. The fourth-order valence-corrected chi connectivity index (χ4v) is 8.11. The summed E-state index contributed by atoms with van der Waals surface area (Å²) in [7, 11) is -1.83. The SMILES string of the molecule is CCC[Si](Cn1ccnc1)(c1ccccc1)c1ccccc1. The van der Waals surface area contributed by atoms with Gasteiger partial charge < -0.3 is 4.57 Å². The van der Waals surface area contributed by atoms with Crippen LogP contribution < -0.4 is 10.4 Å². The molecule has 0 aliphatic heterocycles. The minimum Gasteiger partial charge on any atom is -0.340 e. The smallest absolute Gasteiger partial charge is 0.137 e. The van der Waals surface area contributed by atoms with Gasteiger partial charge in [0.1, 0.15) is 8.07 Å². The third-order valence-electron chi connectivity index (χ3n) is 4.34. The first kappa shape index (κ1) is 14.8. The molecule has 2 aromatic carbocycles. The van der Waals surface area contributed by atoms with E-state index in [0.717, 1.165) is 6.17 Å². The molecule has 0 N–H and O–H groups in total. The summed E-state index contributed by atoms with van der Waals surface area (Å²) in [6, 6.07) is 23.4. The Morgan fingerprint density at radius 2 is 1.50 bits per heavy atom. The molecule has 0 aliphatic rings. The Labute approximate surface area is 133 Å². The number of aromatic nitrogens is 2. The fraction of sp³-hybridized carbons (Fsp3) is 0.211. The van der Waals surface area contributed by atoms with E-state index in [1.54, 1.807) is 0 Å². The summed E-state index contributed by atoms with van der Waals surface area (Å²) in [5.41, 5.74) is 0. The summed E-state index contributed by atoms with van der Waals surface area (Å²) in [5, 5.41) is 3.02. The molecule has 0 fully saturated rings. The van der Waals surface area contributed by atoms with Crippen LogP contribution in [0.3, 0.4) is 0 Å². The van der Waals surface area contributed by atoms with Crippen LogP contribution in [0.4, 0.5) is 0 Å². The van der Waals surface area contributed by atoms with E-state index in [9.17, 15) is 0 Å². The van der Waals surface area contributed by atoms with Gasteiger partial charge in [0.2, 0.25) is 0 Å². The number of hydrogen-bond donors (Lipinski definition) is 0. The molecule has 22 heavy (non-hydrogen) atoms. The van der Waals surface area contributed by atoms with Gasteiger partial charge in [0.15, 0.2) is 0 Å². The predicted octanol–water partition coefficient (Wildman–Crippen LogP) is 3.10. The van der Waals surface area contributed by atoms with E-state index in [0.29, 0.717) is 0 Å². The molecule has 0 atom stereocenters. The van der Waals surface area contributed by atoms with Crippen LogP contribution in [0.25, 0.3) is 0 Å². The first-order valence-corrected chi connectivity index (χ1v) is 10.3. The van der Waals surface area contributed by atoms with Gasteiger partial charge in [-0.05, 0) is 6.04 Å². The first-order valence-electron chi connectivity index (χ1n) is 7.92. The zero-order valence-corrected chi connectivity index (χ0v) is 14.0. The number of nitrogens with zero attached hydrogens (tertiary/aromatic N) is 2. The molecule has 3 rings (SSSR count). The molecule has 112 valence electrons. The van der Waals surface area contributed by atoms with Gasteiger partial charge in [0.05, 0.1) is 6.33 Å². The molecule has 0 radical (unpaired) electrons. The Morgan fingerprint density at radius 1 is 0.909 bits per heavy atom. The van der Waals surface area contributed by atoms with Crippen LogP contribution in [0.15, 0.2) is 79.4 Å².